The third kappa shape index (κ3) is 4.70. The van der Waals surface area contributed by atoms with Crippen molar-refractivity contribution >= 4 is 27.9 Å². The maximum absolute atomic E-state index is 11.7. The monoisotopic (exact) mass is 287 g/mol. The van der Waals surface area contributed by atoms with Gasteiger partial charge in [-0.3, -0.25) is 4.79 Å². The van der Waals surface area contributed by atoms with Gasteiger partial charge in [-0.2, -0.15) is 0 Å². The maximum Gasteiger partial charge on any atom is 0.263 e. The van der Waals surface area contributed by atoms with Crippen LogP contribution < -0.4 is 16.4 Å². The molecule has 19 heavy (non-hydrogen) atoms. The highest BCUT2D eigenvalue weighted by Crippen LogP contribution is 2.29. The highest BCUT2D eigenvalue weighted by molar-refractivity contribution is 7.18. The number of carbonyl (C=O) groups is 1. The van der Waals surface area contributed by atoms with E-state index < -0.39 is 0 Å². The highest BCUT2D eigenvalue weighted by Gasteiger charge is 2.14. The van der Waals surface area contributed by atoms with Gasteiger partial charge < -0.3 is 25.8 Å². The lowest BCUT2D eigenvalue weighted by atomic mass is 10.3. The minimum absolute atomic E-state index is 0.0405. The molecule has 0 bridgehead atoms. The van der Waals surface area contributed by atoms with Gasteiger partial charge in [0.2, 0.25) is 0 Å². The number of thiophene rings is 1. The van der Waals surface area contributed by atoms with Crippen molar-refractivity contribution in [2.24, 2.45) is 0 Å². The number of anilines is 2. The first kappa shape index (κ1) is 15.7. The molecule has 0 saturated carbocycles. The number of methoxy groups -OCH3 is 2. The Morgan fingerprint density at radius 2 is 2.26 bits per heavy atom. The van der Waals surface area contributed by atoms with Crippen LogP contribution >= 0.6 is 11.3 Å². The number of nitrogens with one attached hydrogen (secondary N) is 2. The zero-order chi connectivity index (χ0) is 14.3. The molecule has 1 heterocycles. The fourth-order valence-electron chi connectivity index (χ4n) is 1.52. The lowest BCUT2D eigenvalue weighted by Crippen LogP contribution is -2.26. The second-order valence-corrected chi connectivity index (χ2v) is 5.00. The van der Waals surface area contributed by atoms with Crippen LogP contribution in [0.4, 0.5) is 10.7 Å². The molecule has 6 nitrogen and oxygen atoms in total. The Kier molecular flexibility index (Phi) is 6.61. The molecule has 0 spiro atoms. The average Bonchev–Trinajstić information content (AvgIpc) is 2.76. The summed E-state index contributed by atoms with van der Waals surface area (Å²) in [6.45, 7) is 3.56. The van der Waals surface area contributed by atoms with Gasteiger partial charge in [0.15, 0.2) is 0 Å². The summed E-state index contributed by atoms with van der Waals surface area (Å²) in [6, 6.07) is 1.76. The van der Waals surface area contributed by atoms with Gasteiger partial charge in [-0.1, -0.05) is 0 Å². The van der Waals surface area contributed by atoms with Crippen molar-refractivity contribution in [1.82, 2.24) is 5.32 Å². The van der Waals surface area contributed by atoms with Crippen molar-refractivity contribution in [3.8, 4) is 0 Å². The molecule has 1 rings (SSSR count). The largest absolute Gasteiger partial charge is 0.397 e. The number of rotatable bonds is 8. The van der Waals surface area contributed by atoms with E-state index in [1.54, 1.807) is 20.3 Å². The Morgan fingerprint density at radius 3 is 2.84 bits per heavy atom. The Balaban J connectivity index is 2.60. The number of nitrogens with two attached hydrogens (primary N) is 1. The van der Waals surface area contributed by atoms with Crippen LogP contribution in [-0.4, -0.2) is 45.9 Å². The molecule has 7 heteroatoms. The van der Waals surface area contributed by atoms with E-state index in [9.17, 15) is 4.79 Å². The van der Waals surface area contributed by atoms with Crippen LogP contribution in [0.5, 0.6) is 0 Å². The van der Waals surface area contributed by atoms with Crippen molar-refractivity contribution in [2.45, 2.75) is 13.0 Å². The Morgan fingerprint density at radius 1 is 1.53 bits per heavy atom. The number of amides is 1. The Hall–Kier alpha value is -1.31. The van der Waals surface area contributed by atoms with Gasteiger partial charge in [0.1, 0.15) is 4.88 Å². The second-order valence-electron chi connectivity index (χ2n) is 3.95. The number of carbonyl (C=O) groups excluding carboxylic acids is 1. The van der Waals surface area contributed by atoms with Crippen LogP contribution in [-0.2, 0) is 9.47 Å². The standard InChI is InChI=1S/C12H21N3O3S/c1-4-14-12(16)11-9(13)5-10(19-11)15-6-8(18-3)7-17-2/h5,8,15H,4,6-7,13H2,1-3H3,(H,14,16). The molecule has 1 aromatic rings. The summed E-state index contributed by atoms with van der Waals surface area (Å²) >= 11 is 1.33. The van der Waals surface area contributed by atoms with Crippen LogP contribution in [0.25, 0.3) is 0 Å². The highest BCUT2D eigenvalue weighted by atomic mass is 32.1. The van der Waals surface area contributed by atoms with Crippen LogP contribution in [0.15, 0.2) is 6.07 Å². The van der Waals surface area contributed by atoms with E-state index >= 15 is 0 Å². The van der Waals surface area contributed by atoms with Crippen molar-refractivity contribution in [1.29, 1.82) is 0 Å². The van der Waals surface area contributed by atoms with Crippen molar-refractivity contribution in [3.63, 3.8) is 0 Å². The summed E-state index contributed by atoms with van der Waals surface area (Å²) in [4.78, 5) is 12.3. The second kappa shape index (κ2) is 7.98. The molecule has 0 saturated heterocycles. The normalized spacial score (nSPS) is 12.2. The summed E-state index contributed by atoms with van der Waals surface area (Å²) in [5, 5.41) is 6.77. The number of nitrogen functional groups attached to an aromatic ring is 1. The van der Waals surface area contributed by atoms with E-state index in [1.165, 1.54) is 11.3 Å². The number of ether oxygens (including phenoxy) is 2. The molecule has 0 aliphatic carbocycles. The first-order chi connectivity index (χ1) is 9.12. The van der Waals surface area contributed by atoms with Gasteiger partial charge in [-0.05, 0) is 13.0 Å². The van der Waals surface area contributed by atoms with Gasteiger partial charge in [-0.15, -0.1) is 11.3 Å². The smallest absolute Gasteiger partial charge is 0.263 e. The molecular formula is C12H21N3O3S. The summed E-state index contributed by atoms with van der Waals surface area (Å²) < 4.78 is 10.3. The Labute approximate surface area is 117 Å². The SMILES string of the molecule is CCNC(=O)c1sc(NCC(COC)OC)cc1N. The van der Waals surface area contributed by atoms with Crippen LogP contribution in [0.2, 0.25) is 0 Å². The third-order valence-electron chi connectivity index (χ3n) is 2.49. The molecule has 4 N–H and O–H groups in total. The molecule has 0 aliphatic rings. The minimum atomic E-state index is -0.141. The first-order valence-corrected chi connectivity index (χ1v) is 6.87. The van der Waals surface area contributed by atoms with Crippen LogP contribution in [0, 0.1) is 0 Å². The van der Waals surface area contributed by atoms with E-state index in [-0.39, 0.29) is 12.0 Å². The minimum Gasteiger partial charge on any atom is -0.397 e. The first-order valence-electron chi connectivity index (χ1n) is 6.05. The van der Waals surface area contributed by atoms with Gasteiger partial charge in [-0.25, -0.2) is 0 Å². The average molecular weight is 287 g/mol. The van der Waals surface area contributed by atoms with Gasteiger partial charge in [0, 0.05) is 27.3 Å². The molecule has 0 radical (unpaired) electrons. The Bertz CT molecular complexity index is 409. The quantitative estimate of drug-likeness (QED) is 0.668. The van der Waals surface area contributed by atoms with Crippen LogP contribution in [0.3, 0.4) is 0 Å². The van der Waals surface area contributed by atoms with E-state index in [1.807, 2.05) is 6.92 Å². The third-order valence-corrected chi connectivity index (χ3v) is 3.60. The van der Waals surface area contributed by atoms with Crippen molar-refractivity contribution in [2.75, 3.05) is 45.0 Å². The van der Waals surface area contributed by atoms with E-state index in [2.05, 4.69) is 10.6 Å². The van der Waals surface area contributed by atoms with E-state index in [4.69, 9.17) is 15.2 Å². The molecule has 0 aromatic carbocycles. The summed E-state index contributed by atoms with van der Waals surface area (Å²) in [6.07, 6.45) is -0.0405. The molecule has 1 amide bonds. The van der Waals surface area contributed by atoms with E-state index in [0.717, 1.165) is 5.00 Å². The molecule has 1 aromatic heterocycles. The molecule has 108 valence electrons. The molecule has 1 unspecified atom stereocenters. The molecule has 1 atom stereocenters. The molecule has 0 aliphatic heterocycles. The summed E-state index contributed by atoms with van der Waals surface area (Å²) in [5.74, 6) is -0.141. The van der Waals surface area contributed by atoms with Gasteiger partial charge in [0.25, 0.3) is 5.91 Å². The molecular weight excluding hydrogens is 266 g/mol. The zero-order valence-electron chi connectivity index (χ0n) is 11.5. The maximum atomic E-state index is 11.7. The number of hydrogen-bond donors (Lipinski definition) is 3. The van der Waals surface area contributed by atoms with Crippen molar-refractivity contribution in [3.05, 3.63) is 10.9 Å². The topological polar surface area (TPSA) is 85.6 Å². The summed E-state index contributed by atoms with van der Waals surface area (Å²) in [7, 11) is 3.26. The molecule has 0 fully saturated rings. The van der Waals surface area contributed by atoms with Crippen molar-refractivity contribution < 1.29 is 14.3 Å². The lowest BCUT2D eigenvalue weighted by molar-refractivity contribution is 0.0366. The fourth-order valence-corrected chi connectivity index (χ4v) is 2.42. The zero-order valence-corrected chi connectivity index (χ0v) is 12.3. The lowest BCUT2D eigenvalue weighted by Gasteiger charge is -2.14. The predicted molar refractivity (Wildman–Crippen MR) is 77.9 cm³/mol. The van der Waals surface area contributed by atoms with Crippen LogP contribution in [0.1, 0.15) is 16.6 Å². The van der Waals surface area contributed by atoms with Gasteiger partial charge in [0.05, 0.1) is 23.4 Å². The predicted octanol–water partition coefficient (Wildman–Crippen LogP) is 1.15. The van der Waals surface area contributed by atoms with Gasteiger partial charge >= 0.3 is 0 Å². The number of hydrogen-bond acceptors (Lipinski definition) is 6. The summed E-state index contributed by atoms with van der Waals surface area (Å²) in [5.41, 5.74) is 6.31. The van der Waals surface area contributed by atoms with E-state index in [0.29, 0.717) is 30.3 Å². The fraction of sp³-hybridized carbons (Fsp3) is 0.583.